The molecule has 0 aromatic rings. The average molecular weight is 179 g/mol. The van der Waals surface area contributed by atoms with Crippen LogP contribution >= 0.6 is 0 Å². The minimum absolute atomic E-state index is 0.661. The fraction of sp³-hybridized carbons (Fsp3) is 0.833. The van der Waals surface area contributed by atoms with Crippen molar-refractivity contribution < 1.29 is 0 Å². The first kappa shape index (κ1) is 10.6. The van der Waals surface area contributed by atoms with Crippen molar-refractivity contribution in [3.8, 4) is 12.3 Å². The fourth-order valence-corrected chi connectivity index (χ4v) is 2.17. The second-order valence-electron chi connectivity index (χ2n) is 4.10. The highest BCUT2D eigenvalue weighted by Gasteiger charge is 2.18. The molecule has 0 aromatic carbocycles. The number of nitrogens with one attached hydrogen (secondary N) is 1. The van der Waals surface area contributed by atoms with Gasteiger partial charge in [-0.25, -0.2) is 0 Å². The van der Waals surface area contributed by atoms with E-state index in [1.54, 1.807) is 0 Å². The van der Waals surface area contributed by atoms with E-state index in [9.17, 15) is 0 Å². The largest absolute Gasteiger partial charge is 0.313 e. The molecule has 0 saturated heterocycles. The SMILES string of the molecule is C#CCCNC(C)C1CCCCC1. The highest BCUT2D eigenvalue weighted by Crippen LogP contribution is 2.26. The molecule has 1 heteroatoms. The van der Waals surface area contributed by atoms with Crippen molar-refractivity contribution in [3.63, 3.8) is 0 Å². The predicted octanol–water partition coefficient (Wildman–Crippen LogP) is 2.57. The van der Waals surface area contributed by atoms with Crippen LogP contribution < -0.4 is 5.32 Å². The topological polar surface area (TPSA) is 12.0 Å². The van der Waals surface area contributed by atoms with Gasteiger partial charge in [0.1, 0.15) is 0 Å². The molecule has 1 aliphatic rings. The summed E-state index contributed by atoms with van der Waals surface area (Å²) < 4.78 is 0. The van der Waals surface area contributed by atoms with Gasteiger partial charge in [-0.1, -0.05) is 19.3 Å². The Morgan fingerprint density at radius 3 is 2.69 bits per heavy atom. The Hall–Kier alpha value is -0.480. The molecule has 1 unspecified atom stereocenters. The van der Waals surface area contributed by atoms with Crippen molar-refractivity contribution in [3.05, 3.63) is 0 Å². The first-order chi connectivity index (χ1) is 6.34. The maximum absolute atomic E-state index is 5.20. The van der Waals surface area contributed by atoms with Gasteiger partial charge in [-0.2, -0.15) is 0 Å². The summed E-state index contributed by atoms with van der Waals surface area (Å²) in [7, 11) is 0. The third-order valence-corrected chi connectivity index (χ3v) is 3.09. The lowest BCUT2D eigenvalue weighted by Gasteiger charge is -2.28. The quantitative estimate of drug-likeness (QED) is 0.516. The molecule has 0 bridgehead atoms. The van der Waals surface area contributed by atoms with E-state index in [-0.39, 0.29) is 0 Å². The van der Waals surface area contributed by atoms with Crippen molar-refractivity contribution in [2.75, 3.05) is 6.54 Å². The Bertz CT molecular complexity index is 162. The summed E-state index contributed by atoms with van der Waals surface area (Å²) in [4.78, 5) is 0. The second-order valence-corrected chi connectivity index (χ2v) is 4.10. The van der Waals surface area contributed by atoms with Gasteiger partial charge in [-0.05, 0) is 25.7 Å². The normalized spacial score (nSPS) is 20.9. The minimum atomic E-state index is 0.661. The second kappa shape index (κ2) is 6.05. The monoisotopic (exact) mass is 179 g/mol. The molecule has 1 N–H and O–H groups in total. The highest BCUT2D eigenvalue weighted by atomic mass is 14.9. The third kappa shape index (κ3) is 3.83. The van der Waals surface area contributed by atoms with Crippen LogP contribution in [-0.2, 0) is 0 Å². The summed E-state index contributed by atoms with van der Waals surface area (Å²) in [6, 6.07) is 0.661. The zero-order valence-corrected chi connectivity index (χ0v) is 8.68. The molecule has 1 nitrogen and oxygen atoms in total. The number of hydrogen-bond donors (Lipinski definition) is 1. The van der Waals surface area contributed by atoms with Crippen molar-refractivity contribution >= 4 is 0 Å². The van der Waals surface area contributed by atoms with E-state index in [1.807, 2.05) is 0 Å². The average Bonchev–Trinajstić information content (AvgIpc) is 2.19. The smallest absolute Gasteiger partial charge is 0.0211 e. The van der Waals surface area contributed by atoms with Crippen molar-refractivity contribution in [1.29, 1.82) is 0 Å². The molecule has 1 atom stereocenters. The first-order valence-electron chi connectivity index (χ1n) is 5.51. The Labute approximate surface area is 82.3 Å². The first-order valence-corrected chi connectivity index (χ1v) is 5.51. The van der Waals surface area contributed by atoms with Crippen LogP contribution in [0.2, 0.25) is 0 Å². The van der Waals surface area contributed by atoms with Crippen molar-refractivity contribution in [1.82, 2.24) is 5.32 Å². The molecule has 0 aromatic heterocycles. The summed E-state index contributed by atoms with van der Waals surface area (Å²) in [6.07, 6.45) is 13.2. The van der Waals surface area contributed by atoms with Crippen LogP contribution in [0, 0.1) is 18.3 Å². The molecular formula is C12H21N. The Balaban J connectivity index is 2.14. The van der Waals surface area contributed by atoms with Crippen LogP contribution in [0.1, 0.15) is 45.4 Å². The summed E-state index contributed by atoms with van der Waals surface area (Å²) >= 11 is 0. The molecule has 1 aliphatic carbocycles. The molecule has 13 heavy (non-hydrogen) atoms. The van der Waals surface area contributed by atoms with Gasteiger partial charge in [0, 0.05) is 19.0 Å². The van der Waals surface area contributed by atoms with Crippen molar-refractivity contribution in [2.24, 2.45) is 5.92 Å². The van der Waals surface area contributed by atoms with E-state index < -0.39 is 0 Å². The Morgan fingerprint density at radius 2 is 2.08 bits per heavy atom. The van der Waals surface area contributed by atoms with Crippen LogP contribution in [0.25, 0.3) is 0 Å². The molecule has 0 radical (unpaired) electrons. The lowest BCUT2D eigenvalue weighted by molar-refractivity contribution is 0.283. The summed E-state index contributed by atoms with van der Waals surface area (Å²) in [5.74, 6) is 3.56. The number of hydrogen-bond acceptors (Lipinski definition) is 1. The lowest BCUT2D eigenvalue weighted by Crippen LogP contribution is -2.35. The fourth-order valence-electron chi connectivity index (χ4n) is 2.17. The van der Waals surface area contributed by atoms with Crippen LogP contribution in [0.5, 0.6) is 0 Å². The van der Waals surface area contributed by atoms with Gasteiger partial charge in [-0.3, -0.25) is 0 Å². The molecule has 74 valence electrons. The van der Waals surface area contributed by atoms with Crippen LogP contribution in [0.15, 0.2) is 0 Å². The summed E-state index contributed by atoms with van der Waals surface area (Å²) in [5, 5.41) is 3.51. The maximum Gasteiger partial charge on any atom is 0.0211 e. The predicted molar refractivity (Wildman–Crippen MR) is 57.5 cm³/mol. The minimum Gasteiger partial charge on any atom is -0.313 e. The summed E-state index contributed by atoms with van der Waals surface area (Å²) in [5.41, 5.74) is 0. The molecule has 1 fully saturated rings. The van der Waals surface area contributed by atoms with Crippen LogP contribution in [0.3, 0.4) is 0 Å². The van der Waals surface area contributed by atoms with Gasteiger partial charge in [0.2, 0.25) is 0 Å². The Kier molecular flexibility index (Phi) is 4.93. The van der Waals surface area contributed by atoms with Gasteiger partial charge in [0.05, 0.1) is 0 Å². The maximum atomic E-state index is 5.20. The van der Waals surface area contributed by atoms with E-state index in [2.05, 4.69) is 18.2 Å². The van der Waals surface area contributed by atoms with E-state index in [0.29, 0.717) is 6.04 Å². The van der Waals surface area contributed by atoms with Gasteiger partial charge >= 0.3 is 0 Å². The summed E-state index contributed by atoms with van der Waals surface area (Å²) in [6.45, 7) is 3.28. The lowest BCUT2D eigenvalue weighted by atomic mass is 9.84. The van der Waals surface area contributed by atoms with Gasteiger partial charge in [-0.15, -0.1) is 12.3 Å². The van der Waals surface area contributed by atoms with Gasteiger partial charge < -0.3 is 5.32 Å². The van der Waals surface area contributed by atoms with E-state index in [4.69, 9.17) is 6.42 Å². The highest BCUT2D eigenvalue weighted by molar-refractivity contribution is 4.85. The molecule has 0 aliphatic heterocycles. The molecule has 0 amide bonds. The van der Waals surface area contributed by atoms with Crippen LogP contribution in [-0.4, -0.2) is 12.6 Å². The zero-order valence-electron chi connectivity index (χ0n) is 8.68. The molecular weight excluding hydrogens is 158 g/mol. The van der Waals surface area contributed by atoms with Crippen molar-refractivity contribution in [2.45, 2.75) is 51.5 Å². The van der Waals surface area contributed by atoms with Crippen LogP contribution in [0.4, 0.5) is 0 Å². The Morgan fingerprint density at radius 1 is 1.38 bits per heavy atom. The number of terminal acetylenes is 1. The van der Waals surface area contributed by atoms with E-state index in [1.165, 1.54) is 32.1 Å². The zero-order chi connectivity index (χ0) is 9.52. The van der Waals surface area contributed by atoms with E-state index in [0.717, 1.165) is 18.9 Å². The molecule has 0 heterocycles. The van der Waals surface area contributed by atoms with Gasteiger partial charge in [0.25, 0.3) is 0 Å². The molecule has 1 saturated carbocycles. The third-order valence-electron chi connectivity index (χ3n) is 3.09. The molecule has 0 spiro atoms. The van der Waals surface area contributed by atoms with Gasteiger partial charge in [0.15, 0.2) is 0 Å². The van der Waals surface area contributed by atoms with E-state index >= 15 is 0 Å². The molecule has 1 rings (SSSR count). The number of rotatable bonds is 4. The standard InChI is InChI=1S/C12H21N/c1-3-4-10-13-11(2)12-8-6-5-7-9-12/h1,11-13H,4-10H2,2H3.